The van der Waals surface area contributed by atoms with E-state index in [0.717, 1.165) is 37.0 Å². The summed E-state index contributed by atoms with van der Waals surface area (Å²) < 4.78 is 0. The van der Waals surface area contributed by atoms with Gasteiger partial charge in [-0.15, -0.1) is 0 Å². The van der Waals surface area contributed by atoms with Crippen molar-refractivity contribution in [3.8, 4) is 0 Å². The van der Waals surface area contributed by atoms with Gasteiger partial charge in [-0.1, -0.05) is 25.3 Å². The van der Waals surface area contributed by atoms with E-state index in [9.17, 15) is 24.0 Å². The molecule has 0 saturated carbocycles. The Kier molecular flexibility index (Phi) is 6.81. The molecule has 1 fully saturated rings. The number of carbonyl (C=O) groups excluding carboxylic acids is 5. The van der Waals surface area contributed by atoms with Crippen molar-refractivity contribution in [3.63, 3.8) is 0 Å². The number of hydrogen-bond acceptors (Lipinski definition) is 6. The number of hydrogen-bond donors (Lipinski definition) is 3. The summed E-state index contributed by atoms with van der Waals surface area (Å²) in [5.74, 6) is -2.32. The Balaban J connectivity index is 1.58. The van der Waals surface area contributed by atoms with E-state index in [2.05, 4.69) is 10.6 Å². The Labute approximate surface area is 174 Å². The molecule has 1 unspecified atom stereocenters. The van der Waals surface area contributed by atoms with E-state index in [0.29, 0.717) is 18.7 Å². The Morgan fingerprint density at radius 1 is 1.07 bits per heavy atom. The molecular formula is C21H26N4O5. The first-order valence-corrected chi connectivity index (χ1v) is 10.3. The Morgan fingerprint density at radius 3 is 2.53 bits per heavy atom. The van der Waals surface area contributed by atoms with E-state index in [1.807, 2.05) is 0 Å². The highest BCUT2D eigenvalue weighted by Crippen LogP contribution is 2.32. The fourth-order valence-corrected chi connectivity index (χ4v) is 3.84. The first kappa shape index (κ1) is 21.5. The number of primary amides is 1. The van der Waals surface area contributed by atoms with Gasteiger partial charge in [0.25, 0.3) is 11.8 Å². The molecule has 1 atom stereocenters. The number of nitrogens with zero attached hydrogens (tertiary/aromatic N) is 1. The van der Waals surface area contributed by atoms with Crippen LogP contribution in [0.3, 0.4) is 0 Å². The predicted molar refractivity (Wildman–Crippen MR) is 108 cm³/mol. The maximum Gasteiger partial charge on any atom is 0.264 e. The van der Waals surface area contributed by atoms with Gasteiger partial charge < -0.3 is 11.1 Å². The van der Waals surface area contributed by atoms with Gasteiger partial charge in [-0.3, -0.25) is 34.2 Å². The lowest BCUT2D eigenvalue weighted by Gasteiger charge is -2.27. The van der Waals surface area contributed by atoms with Crippen LogP contribution in [0, 0.1) is 0 Å². The number of amides is 5. The topological polar surface area (TPSA) is 139 Å². The van der Waals surface area contributed by atoms with Crippen LogP contribution in [0.15, 0.2) is 18.2 Å². The van der Waals surface area contributed by atoms with Crippen LogP contribution in [-0.2, 0) is 14.4 Å². The van der Waals surface area contributed by atoms with Crippen LogP contribution in [0.2, 0.25) is 0 Å². The maximum absolute atomic E-state index is 13.0. The van der Waals surface area contributed by atoms with E-state index in [-0.39, 0.29) is 29.9 Å². The molecule has 4 N–H and O–H groups in total. The molecule has 2 heterocycles. The van der Waals surface area contributed by atoms with Gasteiger partial charge in [-0.2, -0.15) is 0 Å². The summed E-state index contributed by atoms with van der Waals surface area (Å²) in [7, 11) is 0. The van der Waals surface area contributed by atoms with Gasteiger partial charge in [0.05, 0.1) is 11.1 Å². The van der Waals surface area contributed by atoms with E-state index >= 15 is 0 Å². The molecular weight excluding hydrogens is 388 g/mol. The number of unbranched alkanes of at least 4 members (excludes halogenated alkanes) is 4. The number of benzene rings is 1. The third-order valence-corrected chi connectivity index (χ3v) is 5.38. The van der Waals surface area contributed by atoms with Crippen molar-refractivity contribution in [1.29, 1.82) is 0 Å². The number of piperidine rings is 1. The molecule has 2 aliphatic heterocycles. The van der Waals surface area contributed by atoms with Gasteiger partial charge >= 0.3 is 0 Å². The molecule has 5 amide bonds. The van der Waals surface area contributed by atoms with Gasteiger partial charge in [0.1, 0.15) is 6.04 Å². The molecule has 3 rings (SSSR count). The van der Waals surface area contributed by atoms with E-state index in [1.165, 1.54) is 0 Å². The van der Waals surface area contributed by atoms with Gasteiger partial charge in [-0.25, -0.2) is 0 Å². The first-order chi connectivity index (χ1) is 14.4. The molecule has 30 heavy (non-hydrogen) atoms. The molecule has 0 aliphatic carbocycles. The number of imide groups is 2. The van der Waals surface area contributed by atoms with Crippen LogP contribution in [-0.4, -0.2) is 47.0 Å². The van der Waals surface area contributed by atoms with Crippen molar-refractivity contribution >= 4 is 35.2 Å². The lowest BCUT2D eigenvalue weighted by Crippen LogP contribution is -2.54. The highest BCUT2D eigenvalue weighted by molar-refractivity contribution is 6.25. The molecule has 160 valence electrons. The molecule has 1 aromatic rings. The predicted octanol–water partition coefficient (Wildman–Crippen LogP) is 1.33. The average Bonchev–Trinajstić information content (AvgIpc) is 2.95. The minimum atomic E-state index is -0.969. The second kappa shape index (κ2) is 9.51. The molecule has 2 aliphatic rings. The van der Waals surface area contributed by atoms with E-state index in [4.69, 9.17) is 5.73 Å². The Morgan fingerprint density at radius 2 is 1.80 bits per heavy atom. The lowest BCUT2D eigenvalue weighted by molar-refractivity contribution is -0.136. The van der Waals surface area contributed by atoms with Crippen LogP contribution in [0.5, 0.6) is 0 Å². The number of nitrogens with two attached hydrogens (primary N) is 1. The largest absolute Gasteiger partial charge is 0.384 e. The monoisotopic (exact) mass is 414 g/mol. The third kappa shape index (κ3) is 4.67. The number of rotatable bonds is 10. The summed E-state index contributed by atoms with van der Waals surface area (Å²) in [6.45, 7) is 0.631. The van der Waals surface area contributed by atoms with Gasteiger partial charge in [0, 0.05) is 25.1 Å². The van der Waals surface area contributed by atoms with E-state index < -0.39 is 29.7 Å². The summed E-state index contributed by atoms with van der Waals surface area (Å²) in [4.78, 5) is 61.0. The molecule has 0 spiro atoms. The second-order valence-corrected chi connectivity index (χ2v) is 7.59. The Hall–Kier alpha value is -3.23. The molecule has 1 saturated heterocycles. The van der Waals surface area contributed by atoms with Crippen LogP contribution < -0.4 is 16.4 Å². The number of fused-ring (bicyclic) bond motifs is 1. The first-order valence-electron chi connectivity index (χ1n) is 10.3. The SMILES string of the molecule is NC(=O)CCCCCCCNc1cccc2c1C(=O)N(C1CCC(=O)NC1=O)C2=O. The highest BCUT2D eigenvalue weighted by Gasteiger charge is 2.45. The van der Waals surface area contributed by atoms with Crippen molar-refractivity contribution in [2.24, 2.45) is 5.73 Å². The summed E-state index contributed by atoms with van der Waals surface area (Å²) in [6, 6.07) is 4.05. The molecule has 1 aromatic carbocycles. The molecule has 0 bridgehead atoms. The van der Waals surface area contributed by atoms with Crippen molar-refractivity contribution in [2.45, 2.75) is 57.4 Å². The van der Waals surface area contributed by atoms with E-state index in [1.54, 1.807) is 18.2 Å². The van der Waals surface area contributed by atoms with Gasteiger partial charge in [-0.05, 0) is 31.4 Å². The van der Waals surface area contributed by atoms with Crippen molar-refractivity contribution in [2.75, 3.05) is 11.9 Å². The van der Waals surface area contributed by atoms with Crippen molar-refractivity contribution in [1.82, 2.24) is 10.2 Å². The highest BCUT2D eigenvalue weighted by atomic mass is 16.2. The second-order valence-electron chi connectivity index (χ2n) is 7.59. The van der Waals surface area contributed by atoms with Crippen molar-refractivity contribution in [3.05, 3.63) is 29.3 Å². The smallest absolute Gasteiger partial charge is 0.264 e. The molecule has 0 aromatic heterocycles. The number of anilines is 1. The van der Waals surface area contributed by atoms with Gasteiger partial charge in [0.2, 0.25) is 17.7 Å². The molecule has 9 nitrogen and oxygen atoms in total. The third-order valence-electron chi connectivity index (χ3n) is 5.38. The summed E-state index contributed by atoms with van der Waals surface area (Å²) in [5.41, 5.74) is 6.22. The van der Waals surface area contributed by atoms with Crippen LogP contribution >= 0.6 is 0 Å². The zero-order valence-electron chi connectivity index (χ0n) is 16.7. The fraction of sp³-hybridized carbons (Fsp3) is 0.476. The quantitative estimate of drug-likeness (QED) is 0.390. The standard InChI is InChI=1S/C21H26N4O5/c22-16(26)9-4-2-1-3-5-12-23-14-8-6-7-13-18(14)21(30)25(20(13)29)15-10-11-17(27)24-19(15)28/h6-8,15,23H,1-5,9-12H2,(H2,22,26)(H,24,27,28). The Bertz CT molecular complexity index is 882. The average molecular weight is 414 g/mol. The molecule has 0 radical (unpaired) electrons. The minimum absolute atomic E-state index is 0.0916. The minimum Gasteiger partial charge on any atom is -0.384 e. The maximum atomic E-state index is 13.0. The van der Waals surface area contributed by atoms with Crippen LogP contribution in [0.1, 0.15) is 72.1 Å². The fourth-order valence-electron chi connectivity index (χ4n) is 3.84. The normalized spacial score (nSPS) is 18.4. The zero-order valence-corrected chi connectivity index (χ0v) is 16.7. The van der Waals surface area contributed by atoms with Crippen LogP contribution in [0.4, 0.5) is 5.69 Å². The van der Waals surface area contributed by atoms with Crippen LogP contribution in [0.25, 0.3) is 0 Å². The summed E-state index contributed by atoms with van der Waals surface area (Å²) >= 11 is 0. The molecule has 9 heteroatoms. The number of nitrogens with one attached hydrogen (secondary N) is 2. The van der Waals surface area contributed by atoms with Gasteiger partial charge in [0.15, 0.2) is 0 Å². The number of carbonyl (C=O) groups is 5. The van der Waals surface area contributed by atoms with Crippen molar-refractivity contribution < 1.29 is 24.0 Å². The summed E-state index contributed by atoms with van der Waals surface area (Å²) in [6.07, 6.45) is 5.20. The lowest BCUT2D eigenvalue weighted by atomic mass is 10.0. The summed E-state index contributed by atoms with van der Waals surface area (Å²) in [5, 5.41) is 5.41. The zero-order chi connectivity index (χ0) is 21.7.